The number of hydrogen-bond acceptors (Lipinski definition) is 7. The van der Waals surface area contributed by atoms with Crippen LogP contribution in [-0.2, 0) is 25.6 Å². The van der Waals surface area contributed by atoms with Crippen LogP contribution in [-0.4, -0.2) is 95.3 Å². The number of carbonyl (C=O) groups is 5. The molecule has 1 rings (SSSR count). The van der Waals surface area contributed by atoms with Gasteiger partial charge in [-0.15, -0.1) is 12.4 Å². The van der Waals surface area contributed by atoms with Crippen molar-refractivity contribution in [2.75, 3.05) is 13.1 Å². The van der Waals surface area contributed by atoms with Gasteiger partial charge < -0.3 is 65.1 Å². The SMILES string of the molecule is CC(C)C(NC(=O)C(CCCN=C(N)N)NC(=O)NC(Cc1ccccc1)C(=O)O)C(=O)NC(C=O)CCCN=C(N)N.Cl.O.O. The number of amides is 4. The number of rotatable bonds is 19. The van der Waals surface area contributed by atoms with Crippen LogP contribution in [0.15, 0.2) is 40.3 Å². The highest BCUT2D eigenvalue weighted by molar-refractivity contribution is 5.93. The van der Waals surface area contributed by atoms with Crippen molar-refractivity contribution >= 4 is 54.4 Å². The minimum absolute atomic E-state index is 0. The number of carboxylic acid groups (broad SMARTS) is 1. The molecule has 19 heteroatoms. The summed E-state index contributed by atoms with van der Waals surface area (Å²) in [6, 6.07) is 3.51. The Morgan fingerprint density at radius 2 is 1.33 bits per heavy atom. The monoisotopic (exact) mass is 676 g/mol. The Labute approximate surface area is 273 Å². The Morgan fingerprint density at radius 1 is 0.804 bits per heavy atom. The predicted molar refractivity (Wildman–Crippen MR) is 176 cm³/mol. The van der Waals surface area contributed by atoms with Gasteiger partial charge in [0.2, 0.25) is 11.8 Å². The number of urea groups is 1. The van der Waals surface area contributed by atoms with E-state index in [1.54, 1.807) is 44.2 Å². The number of aliphatic imine (C=N–C) groups is 2. The summed E-state index contributed by atoms with van der Waals surface area (Å²) in [7, 11) is 0. The molecule has 46 heavy (non-hydrogen) atoms. The van der Waals surface area contributed by atoms with Gasteiger partial charge in [-0.2, -0.15) is 0 Å². The quantitative estimate of drug-likeness (QED) is 0.0310. The van der Waals surface area contributed by atoms with Crippen LogP contribution in [0.5, 0.6) is 0 Å². The number of nitrogens with zero attached hydrogens (tertiary/aromatic N) is 2. The van der Waals surface area contributed by atoms with E-state index >= 15 is 0 Å². The molecule has 1 aromatic rings. The molecule has 0 saturated carbocycles. The first-order chi connectivity index (χ1) is 20.3. The number of guanidine groups is 2. The van der Waals surface area contributed by atoms with E-state index in [9.17, 15) is 29.1 Å². The van der Waals surface area contributed by atoms with Gasteiger partial charge in [0, 0.05) is 19.5 Å². The average molecular weight is 677 g/mol. The zero-order valence-corrected chi connectivity index (χ0v) is 26.7. The fourth-order valence-electron chi connectivity index (χ4n) is 3.94. The van der Waals surface area contributed by atoms with E-state index in [0.29, 0.717) is 18.3 Å². The van der Waals surface area contributed by atoms with Crippen LogP contribution in [0, 0.1) is 5.92 Å². The largest absolute Gasteiger partial charge is 0.480 e. The molecule has 4 amide bonds. The third-order valence-corrected chi connectivity index (χ3v) is 6.16. The van der Waals surface area contributed by atoms with Gasteiger partial charge in [-0.05, 0) is 37.2 Å². The summed E-state index contributed by atoms with van der Waals surface area (Å²) < 4.78 is 0. The molecule has 0 aliphatic rings. The summed E-state index contributed by atoms with van der Waals surface area (Å²) in [5, 5.41) is 19.7. The third kappa shape index (κ3) is 18.9. The van der Waals surface area contributed by atoms with Crippen LogP contribution < -0.4 is 44.2 Å². The molecule has 1 aromatic carbocycles. The molecule has 0 aromatic heterocycles. The molecular weight excluding hydrogens is 628 g/mol. The summed E-state index contributed by atoms with van der Waals surface area (Å²) >= 11 is 0. The number of hydrogen-bond donors (Lipinski definition) is 9. The van der Waals surface area contributed by atoms with E-state index in [-0.39, 0.29) is 74.1 Å². The molecule has 0 fully saturated rings. The van der Waals surface area contributed by atoms with Gasteiger partial charge in [-0.25, -0.2) is 9.59 Å². The highest BCUT2D eigenvalue weighted by atomic mass is 35.5. The lowest BCUT2D eigenvalue weighted by Crippen LogP contribution is -2.58. The lowest BCUT2D eigenvalue weighted by atomic mass is 10.0. The van der Waals surface area contributed by atoms with Crippen LogP contribution in [0.4, 0.5) is 4.79 Å². The van der Waals surface area contributed by atoms with Crippen molar-refractivity contribution in [1.29, 1.82) is 0 Å². The van der Waals surface area contributed by atoms with E-state index in [1.165, 1.54) is 0 Å². The summed E-state index contributed by atoms with van der Waals surface area (Å²) in [6.45, 7) is 3.84. The smallest absolute Gasteiger partial charge is 0.326 e. The highest BCUT2D eigenvalue weighted by Gasteiger charge is 2.30. The number of aldehydes is 1. The number of aliphatic carboxylic acids is 1. The Bertz CT molecular complexity index is 1130. The lowest BCUT2D eigenvalue weighted by molar-refractivity contribution is -0.139. The minimum atomic E-state index is -1.27. The van der Waals surface area contributed by atoms with E-state index in [1.807, 2.05) is 0 Å². The Balaban J connectivity index is -0.00000616. The van der Waals surface area contributed by atoms with E-state index in [0.717, 1.165) is 0 Å². The standard InChI is InChI=1S/C27H44N10O6.ClH.2H2O/c1-16(2)21(23(40)34-18(15-38)10-6-12-32-25(28)29)37-22(39)19(11-7-13-33-26(30)31)35-27(43)36-20(24(41)42)14-17-8-4-3-5-9-17;;;/h3-5,8-9,15-16,18-21H,6-7,10-14H2,1-2H3,(H,34,40)(H,37,39)(H,41,42)(H4,28,29,32)(H4,30,31,33)(H2,35,36,43);1H;2*1H2. The summed E-state index contributed by atoms with van der Waals surface area (Å²) in [4.78, 5) is 70.3. The molecule has 0 aliphatic carbocycles. The average Bonchev–Trinajstić information content (AvgIpc) is 2.94. The van der Waals surface area contributed by atoms with Crippen LogP contribution in [0.3, 0.4) is 0 Å². The second-order valence-electron chi connectivity index (χ2n) is 10.1. The lowest BCUT2D eigenvalue weighted by Gasteiger charge is -2.27. The summed E-state index contributed by atoms with van der Waals surface area (Å²) in [5.41, 5.74) is 22.0. The van der Waals surface area contributed by atoms with E-state index in [4.69, 9.17) is 22.9 Å². The maximum absolute atomic E-state index is 13.3. The number of benzene rings is 1. The number of carboxylic acids is 1. The molecule has 0 saturated heterocycles. The number of halogens is 1. The predicted octanol–water partition coefficient (Wildman–Crippen LogP) is -2.95. The summed E-state index contributed by atoms with van der Waals surface area (Å²) in [5.74, 6) is -3.17. The van der Waals surface area contributed by atoms with Crippen molar-refractivity contribution in [2.45, 2.75) is 70.1 Å². The molecule has 18 nitrogen and oxygen atoms in total. The first-order valence-electron chi connectivity index (χ1n) is 13.8. The normalized spacial score (nSPS) is 12.5. The van der Waals surface area contributed by atoms with Crippen molar-refractivity contribution < 1.29 is 40.0 Å². The number of carbonyl (C=O) groups excluding carboxylic acids is 4. The molecule has 17 N–H and O–H groups in total. The second kappa shape index (κ2) is 24.6. The van der Waals surface area contributed by atoms with Gasteiger partial charge in [0.05, 0.1) is 6.04 Å². The first-order valence-corrected chi connectivity index (χ1v) is 13.8. The topological polar surface area (TPSA) is 345 Å². The maximum Gasteiger partial charge on any atom is 0.326 e. The van der Waals surface area contributed by atoms with Crippen LogP contribution in [0.2, 0.25) is 0 Å². The molecule has 4 unspecified atom stereocenters. The van der Waals surface area contributed by atoms with Crippen LogP contribution in [0.1, 0.15) is 45.1 Å². The van der Waals surface area contributed by atoms with Crippen molar-refractivity contribution in [3.05, 3.63) is 35.9 Å². The molecular formula is C27H49ClN10O8. The first kappa shape index (κ1) is 45.7. The van der Waals surface area contributed by atoms with Gasteiger partial charge in [0.15, 0.2) is 11.9 Å². The number of nitrogens with two attached hydrogens (primary N) is 4. The van der Waals surface area contributed by atoms with Crippen molar-refractivity contribution in [1.82, 2.24) is 21.3 Å². The second-order valence-corrected chi connectivity index (χ2v) is 10.1. The van der Waals surface area contributed by atoms with Crippen LogP contribution in [0.25, 0.3) is 0 Å². The van der Waals surface area contributed by atoms with Gasteiger partial charge in [0.1, 0.15) is 24.4 Å². The Morgan fingerprint density at radius 3 is 1.80 bits per heavy atom. The molecule has 4 atom stereocenters. The molecule has 0 bridgehead atoms. The van der Waals surface area contributed by atoms with E-state index in [2.05, 4.69) is 31.3 Å². The third-order valence-electron chi connectivity index (χ3n) is 6.16. The Kier molecular flexibility index (Phi) is 24.5. The summed E-state index contributed by atoms with van der Waals surface area (Å²) in [6.07, 6.45) is 1.65. The minimum Gasteiger partial charge on any atom is -0.480 e. The molecule has 262 valence electrons. The van der Waals surface area contributed by atoms with Crippen molar-refractivity contribution in [2.24, 2.45) is 38.8 Å². The van der Waals surface area contributed by atoms with Gasteiger partial charge in [-0.3, -0.25) is 19.6 Å². The van der Waals surface area contributed by atoms with Gasteiger partial charge >= 0.3 is 12.0 Å². The van der Waals surface area contributed by atoms with Crippen LogP contribution >= 0.6 is 12.4 Å². The van der Waals surface area contributed by atoms with Gasteiger partial charge in [0.25, 0.3) is 0 Å². The molecule has 0 radical (unpaired) electrons. The van der Waals surface area contributed by atoms with E-state index < -0.39 is 53.9 Å². The molecule has 0 spiro atoms. The number of nitrogens with one attached hydrogen (secondary N) is 4. The molecule has 0 heterocycles. The fraction of sp³-hybridized carbons (Fsp3) is 0.519. The fourth-order valence-corrected chi connectivity index (χ4v) is 3.94. The maximum atomic E-state index is 13.3. The highest BCUT2D eigenvalue weighted by Crippen LogP contribution is 2.08. The zero-order valence-electron chi connectivity index (χ0n) is 25.9. The van der Waals surface area contributed by atoms with Gasteiger partial charge in [-0.1, -0.05) is 44.2 Å². The van der Waals surface area contributed by atoms with Crippen molar-refractivity contribution in [3.63, 3.8) is 0 Å². The molecule has 0 aliphatic heterocycles. The zero-order chi connectivity index (χ0) is 32.4. The van der Waals surface area contributed by atoms with Crippen molar-refractivity contribution in [3.8, 4) is 0 Å². The Hall–Kier alpha value is -4.68.